The Kier molecular flexibility index (Phi) is 8.24. The lowest BCUT2D eigenvalue weighted by molar-refractivity contribution is 0.752. The zero-order chi connectivity index (χ0) is 25.2. The first kappa shape index (κ1) is 26.0. The minimum absolute atomic E-state index is 1.00. The Morgan fingerprint density at radius 1 is 0.853 bits per heavy atom. The molecule has 1 aliphatic carbocycles. The van der Waals surface area contributed by atoms with Gasteiger partial charge in [0.25, 0.3) is 0 Å². The predicted molar refractivity (Wildman–Crippen MR) is 153 cm³/mol. The number of rotatable bonds is 9. The standard InChI is InChI=1S/C34H44/c1-11-23(6)33(22(4)5)34-24(7)16-17-30-29(31(21(2)3)20-32(30)34)15-13-12-14-28-18-25(8)27(10)26(9)19-28/h16-19H,2,4,11-15,20H2,1,3,5-10H3/b33-23+. The summed E-state index contributed by atoms with van der Waals surface area (Å²) < 4.78 is 0. The lowest BCUT2D eigenvalue weighted by Crippen LogP contribution is -2.01. The molecule has 0 heteroatoms. The molecule has 0 saturated carbocycles. The predicted octanol–water partition coefficient (Wildman–Crippen LogP) is 9.98. The van der Waals surface area contributed by atoms with Gasteiger partial charge >= 0.3 is 0 Å². The molecular formula is C34H44. The molecule has 0 heterocycles. The van der Waals surface area contributed by atoms with Crippen LogP contribution >= 0.6 is 0 Å². The molecule has 0 aromatic heterocycles. The van der Waals surface area contributed by atoms with Gasteiger partial charge in [-0.2, -0.15) is 0 Å². The van der Waals surface area contributed by atoms with E-state index in [1.165, 1.54) is 90.8 Å². The van der Waals surface area contributed by atoms with Crippen LogP contribution in [0.5, 0.6) is 0 Å². The number of hydrogen-bond acceptors (Lipinski definition) is 0. The molecule has 0 saturated heterocycles. The molecule has 0 atom stereocenters. The summed E-state index contributed by atoms with van der Waals surface area (Å²) in [7, 11) is 0. The molecule has 0 amide bonds. The van der Waals surface area contributed by atoms with E-state index in [1.54, 1.807) is 0 Å². The van der Waals surface area contributed by atoms with Crippen LogP contribution < -0.4 is 0 Å². The Morgan fingerprint density at radius 2 is 1.47 bits per heavy atom. The van der Waals surface area contributed by atoms with E-state index >= 15 is 0 Å². The normalized spacial score (nSPS) is 13.8. The average molecular weight is 453 g/mol. The summed E-state index contributed by atoms with van der Waals surface area (Å²) in [5, 5.41) is 0. The Morgan fingerprint density at radius 3 is 2.03 bits per heavy atom. The largest absolute Gasteiger partial charge is 0.0958 e. The third kappa shape index (κ3) is 5.22. The summed E-state index contributed by atoms with van der Waals surface area (Å²) in [4.78, 5) is 0. The number of fused-ring (bicyclic) bond motifs is 1. The molecule has 0 radical (unpaired) electrons. The molecular weight excluding hydrogens is 408 g/mol. The van der Waals surface area contributed by atoms with E-state index in [9.17, 15) is 0 Å². The summed E-state index contributed by atoms with van der Waals surface area (Å²) in [6, 6.07) is 9.44. The smallest absolute Gasteiger partial charge is 0.000810 e. The van der Waals surface area contributed by atoms with Crippen molar-refractivity contribution >= 4 is 11.1 Å². The topological polar surface area (TPSA) is 0 Å². The van der Waals surface area contributed by atoms with E-state index in [1.807, 2.05) is 0 Å². The average Bonchev–Trinajstić information content (AvgIpc) is 3.15. The third-order valence-corrected chi connectivity index (χ3v) is 7.84. The summed E-state index contributed by atoms with van der Waals surface area (Å²) in [6.45, 7) is 26.5. The first-order valence-corrected chi connectivity index (χ1v) is 13.0. The molecule has 0 fully saturated rings. The highest BCUT2D eigenvalue weighted by atomic mass is 14.3. The highest BCUT2D eigenvalue weighted by molar-refractivity contribution is 5.90. The number of benzene rings is 2. The highest BCUT2D eigenvalue weighted by Crippen LogP contribution is 2.44. The van der Waals surface area contributed by atoms with Gasteiger partial charge < -0.3 is 0 Å². The van der Waals surface area contributed by atoms with E-state index in [-0.39, 0.29) is 0 Å². The van der Waals surface area contributed by atoms with Crippen molar-refractivity contribution < 1.29 is 0 Å². The van der Waals surface area contributed by atoms with Crippen molar-refractivity contribution in [3.05, 3.63) is 104 Å². The molecule has 2 aromatic rings. The van der Waals surface area contributed by atoms with Crippen molar-refractivity contribution in [2.24, 2.45) is 0 Å². The lowest BCUT2D eigenvalue weighted by Gasteiger charge is -2.19. The molecule has 1 aliphatic rings. The number of unbranched alkanes of at least 4 members (excludes halogenated alkanes) is 1. The number of allylic oxidation sites excluding steroid dienone is 6. The molecule has 0 unspecified atom stereocenters. The molecule has 0 bridgehead atoms. The van der Waals surface area contributed by atoms with Crippen LogP contribution in [0.4, 0.5) is 0 Å². The minimum Gasteiger partial charge on any atom is -0.0958 e. The van der Waals surface area contributed by atoms with Crippen LogP contribution in [0.15, 0.2) is 59.7 Å². The van der Waals surface area contributed by atoms with E-state index in [4.69, 9.17) is 0 Å². The fourth-order valence-corrected chi connectivity index (χ4v) is 5.59. The summed E-state index contributed by atoms with van der Waals surface area (Å²) in [6.07, 6.45) is 6.76. The Hall–Kier alpha value is -2.60. The van der Waals surface area contributed by atoms with Crippen molar-refractivity contribution in [3.8, 4) is 0 Å². The summed E-state index contributed by atoms with van der Waals surface area (Å²) in [5.74, 6) is 0. The fourth-order valence-electron chi connectivity index (χ4n) is 5.59. The van der Waals surface area contributed by atoms with Crippen LogP contribution in [-0.4, -0.2) is 0 Å². The van der Waals surface area contributed by atoms with E-state index in [2.05, 4.69) is 92.8 Å². The number of hydrogen-bond donors (Lipinski definition) is 0. The third-order valence-electron chi connectivity index (χ3n) is 7.84. The van der Waals surface area contributed by atoms with Gasteiger partial charge in [-0.25, -0.2) is 0 Å². The van der Waals surface area contributed by atoms with Crippen LogP contribution in [0.25, 0.3) is 11.1 Å². The van der Waals surface area contributed by atoms with Crippen LogP contribution in [0.3, 0.4) is 0 Å². The van der Waals surface area contributed by atoms with Crippen LogP contribution in [0.2, 0.25) is 0 Å². The Balaban J connectivity index is 1.89. The van der Waals surface area contributed by atoms with Gasteiger partial charge in [0.1, 0.15) is 0 Å². The van der Waals surface area contributed by atoms with E-state index < -0.39 is 0 Å². The molecule has 0 nitrogen and oxygen atoms in total. The second-order valence-corrected chi connectivity index (χ2v) is 10.5. The zero-order valence-corrected chi connectivity index (χ0v) is 23.0. The highest BCUT2D eigenvalue weighted by Gasteiger charge is 2.26. The monoisotopic (exact) mass is 452 g/mol. The van der Waals surface area contributed by atoms with Crippen LogP contribution in [-0.2, 0) is 12.8 Å². The van der Waals surface area contributed by atoms with Gasteiger partial charge in [0.05, 0.1) is 0 Å². The SMILES string of the molecule is C=C(C)C1=C(CCCCc2cc(C)c(C)c(C)c2)c2ccc(C)c(/C(C(=C)C)=C(\C)CC)c2C1. The maximum Gasteiger partial charge on any atom is -0.000810 e. The fraction of sp³-hybridized carbons (Fsp3) is 0.412. The molecule has 3 rings (SSSR count). The molecule has 0 aliphatic heterocycles. The second kappa shape index (κ2) is 10.8. The lowest BCUT2D eigenvalue weighted by atomic mass is 9.85. The maximum absolute atomic E-state index is 4.37. The van der Waals surface area contributed by atoms with Gasteiger partial charge in [0.15, 0.2) is 0 Å². The molecule has 0 N–H and O–H groups in total. The second-order valence-electron chi connectivity index (χ2n) is 10.5. The van der Waals surface area contributed by atoms with Gasteiger partial charge in [0, 0.05) is 0 Å². The minimum atomic E-state index is 1.00. The van der Waals surface area contributed by atoms with Gasteiger partial charge in [-0.05, 0) is 148 Å². The first-order valence-electron chi connectivity index (χ1n) is 13.0. The molecule has 0 spiro atoms. The van der Waals surface area contributed by atoms with Crippen molar-refractivity contribution in [2.45, 2.75) is 93.9 Å². The van der Waals surface area contributed by atoms with Crippen molar-refractivity contribution in [1.29, 1.82) is 0 Å². The van der Waals surface area contributed by atoms with Gasteiger partial charge in [-0.3, -0.25) is 0 Å². The van der Waals surface area contributed by atoms with Crippen LogP contribution in [0, 0.1) is 27.7 Å². The Labute approximate surface area is 209 Å². The molecule has 34 heavy (non-hydrogen) atoms. The Bertz CT molecular complexity index is 1170. The van der Waals surface area contributed by atoms with E-state index in [0.717, 1.165) is 25.7 Å². The van der Waals surface area contributed by atoms with Crippen LogP contribution in [0.1, 0.15) is 97.9 Å². The summed E-state index contributed by atoms with van der Waals surface area (Å²) >= 11 is 0. The quantitative estimate of drug-likeness (QED) is 0.262. The van der Waals surface area contributed by atoms with Crippen molar-refractivity contribution in [2.75, 3.05) is 0 Å². The first-order chi connectivity index (χ1) is 16.1. The van der Waals surface area contributed by atoms with Crippen molar-refractivity contribution in [1.82, 2.24) is 0 Å². The van der Waals surface area contributed by atoms with E-state index in [0.29, 0.717) is 0 Å². The van der Waals surface area contributed by atoms with Gasteiger partial charge in [-0.1, -0.05) is 61.1 Å². The molecule has 2 aromatic carbocycles. The zero-order valence-electron chi connectivity index (χ0n) is 23.0. The number of aryl methyl sites for hydroxylation is 4. The van der Waals surface area contributed by atoms with Crippen molar-refractivity contribution in [3.63, 3.8) is 0 Å². The van der Waals surface area contributed by atoms with Gasteiger partial charge in [0.2, 0.25) is 0 Å². The maximum atomic E-state index is 4.37. The molecule has 180 valence electrons. The van der Waals surface area contributed by atoms with Gasteiger partial charge in [-0.15, -0.1) is 0 Å². The summed E-state index contributed by atoms with van der Waals surface area (Å²) in [5.41, 5.74) is 19.6.